The number of rotatable bonds is 4. The molecule has 2 saturated heterocycles. The lowest BCUT2D eigenvalue weighted by molar-refractivity contribution is 0.0597. The SMILES string of the molecule is C=CCN1C[C@H]2CN(C(=O)c3csnn3)CC[C@]2(c2ccccc2)C1. The van der Waals surface area contributed by atoms with Gasteiger partial charge in [-0.3, -0.25) is 9.69 Å². The summed E-state index contributed by atoms with van der Waals surface area (Å²) < 4.78 is 3.83. The standard InChI is InChI=1S/C19H22N4OS/c1-2-9-22-11-16-12-23(18(24)17-13-25-21-20-17)10-8-19(16,14-22)15-6-4-3-5-7-15/h2-7,13,16H,1,8-12,14H2/t16-,19+/m0/s1. The van der Waals surface area contributed by atoms with Gasteiger partial charge in [0.1, 0.15) is 0 Å². The molecule has 5 nitrogen and oxygen atoms in total. The number of benzene rings is 1. The first-order valence-corrected chi connectivity index (χ1v) is 9.52. The van der Waals surface area contributed by atoms with E-state index in [4.69, 9.17) is 0 Å². The van der Waals surface area contributed by atoms with Crippen molar-refractivity contribution in [2.24, 2.45) is 5.92 Å². The molecule has 130 valence electrons. The van der Waals surface area contributed by atoms with E-state index in [1.807, 2.05) is 11.0 Å². The predicted molar refractivity (Wildman–Crippen MR) is 98.7 cm³/mol. The van der Waals surface area contributed by atoms with Gasteiger partial charge in [0, 0.05) is 49.4 Å². The maximum Gasteiger partial charge on any atom is 0.275 e. The van der Waals surface area contributed by atoms with E-state index < -0.39 is 0 Å². The second-order valence-corrected chi connectivity index (χ2v) is 7.60. The molecule has 6 heteroatoms. The summed E-state index contributed by atoms with van der Waals surface area (Å²) in [6.45, 7) is 8.37. The Balaban J connectivity index is 1.61. The zero-order chi connectivity index (χ0) is 17.3. The molecule has 2 aromatic rings. The van der Waals surface area contributed by atoms with Crippen LogP contribution in [-0.2, 0) is 5.41 Å². The van der Waals surface area contributed by atoms with E-state index in [9.17, 15) is 4.79 Å². The number of amides is 1. The summed E-state index contributed by atoms with van der Waals surface area (Å²) >= 11 is 1.23. The van der Waals surface area contributed by atoms with Crippen molar-refractivity contribution in [1.82, 2.24) is 19.4 Å². The zero-order valence-corrected chi connectivity index (χ0v) is 15.0. The van der Waals surface area contributed by atoms with Crippen LogP contribution in [0.4, 0.5) is 0 Å². The normalized spacial score (nSPS) is 26.4. The summed E-state index contributed by atoms with van der Waals surface area (Å²) in [7, 11) is 0. The lowest BCUT2D eigenvalue weighted by atomic mass is 9.68. The Kier molecular flexibility index (Phi) is 4.39. The molecule has 2 fully saturated rings. The van der Waals surface area contributed by atoms with Crippen molar-refractivity contribution in [3.05, 3.63) is 59.6 Å². The van der Waals surface area contributed by atoms with E-state index in [2.05, 4.69) is 51.4 Å². The van der Waals surface area contributed by atoms with Crippen LogP contribution < -0.4 is 0 Å². The molecule has 4 rings (SSSR count). The smallest absolute Gasteiger partial charge is 0.275 e. The third-order valence-corrected chi connectivity index (χ3v) is 6.14. The number of carbonyl (C=O) groups is 1. The quantitative estimate of drug-likeness (QED) is 0.792. The molecule has 0 radical (unpaired) electrons. The van der Waals surface area contributed by atoms with Gasteiger partial charge in [-0.05, 0) is 23.5 Å². The van der Waals surface area contributed by atoms with Crippen LogP contribution in [0.1, 0.15) is 22.5 Å². The van der Waals surface area contributed by atoms with Crippen molar-refractivity contribution in [1.29, 1.82) is 0 Å². The summed E-state index contributed by atoms with van der Waals surface area (Å²) in [5.41, 5.74) is 1.99. The van der Waals surface area contributed by atoms with Crippen LogP contribution in [0.2, 0.25) is 0 Å². The van der Waals surface area contributed by atoms with E-state index >= 15 is 0 Å². The maximum absolute atomic E-state index is 12.7. The molecule has 0 bridgehead atoms. The minimum atomic E-state index is 0.0117. The average molecular weight is 354 g/mol. The molecule has 1 aromatic heterocycles. The predicted octanol–water partition coefficient (Wildman–Crippen LogP) is 2.44. The fourth-order valence-electron chi connectivity index (χ4n) is 4.45. The molecule has 1 aromatic carbocycles. The third kappa shape index (κ3) is 2.89. The Morgan fingerprint density at radius 3 is 2.92 bits per heavy atom. The number of likely N-dealkylation sites (tertiary alicyclic amines) is 2. The fraction of sp³-hybridized carbons (Fsp3) is 0.421. The Morgan fingerprint density at radius 2 is 2.20 bits per heavy atom. The number of nitrogens with zero attached hydrogens (tertiary/aromatic N) is 4. The number of hydrogen-bond acceptors (Lipinski definition) is 5. The molecule has 1 amide bonds. The number of carbonyl (C=O) groups excluding carboxylic acids is 1. The molecule has 0 unspecified atom stereocenters. The average Bonchev–Trinajstić information content (AvgIpc) is 3.29. The van der Waals surface area contributed by atoms with Crippen LogP contribution in [0.5, 0.6) is 0 Å². The van der Waals surface area contributed by atoms with Gasteiger partial charge < -0.3 is 4.90 Å². The van der Waals surface area contributed by atoms with Gasteiger partial charge in [-0.1, -0.05) is 40.9 Å². The lowest BCUT2D eigenvalue weighted by Gasteiger charge is -2.44. The van der Waals surface area contributed by atoms with Gasteiger partial charge >= 0.3 is 0 Å². The van der Waals surface area contributed by atoms with Crippen molar-refractivity contribution >= 4 is 17.4 Å². The van der Waals surface area contributed by atoms with Crippen LogP contribution in [0.3, 0.4) is 0 Å². The molecule has 2 aliphatic heterocycles. The van der Waals surface area contributed by atoms with Crippen LogP contribution in [-0.4, -0.2) is 58.0 Å². The highest BCUT2D eigenvalue weighted by atomic mass is 32.1. The monoisotopic (exact) mass is 354 g/mol. The van der Waals surface area contributed by atoms with Gasteiger partial charge in [-0.2, -0.15) is 0 Å². The van der Waals surface area contributed by atoms with E-state index in [0.717, 1.165) is 39.1 Å². The molecule has 0 spiro atoms. The number of hydrogen-bond donors (Lipinski definition) is 0. The van der Waals surface area contributed by atoms with Gasteiger partial charge in [0.25, 0.3) is 5.91 Å². The lowest BCUT2D eigenvalue weighted by Crippen LogP contribution is -2.51. The minimum absolute atomic E-state index is 0.0117. The highest BCUT2D eigenvalue weighted by Crippen LogP contribution is 2.45. The molecular formula is C19H22N4OS. The highest BCUT2D eigenvalue weighted by Gasteiger charge is 2.50. The Bertz CT molecular complexity index is 748. The van der Waals surface area contributed by atoms with Gasteiger partial charge in [-0.25, -0.2) is 0 Å². The van der Waals surface area contributed by atoms with E-state index in [-0.39, 0.29) is 11.3 Å². The second kappa shape index (κ2) is 6.69. The molecule has 0 saturated carbocycles. The Labute approximate surface area is 152 Å². The maximum atomic E-state index is 12.7. The molecule has 25 heavy (non-hydrogen) atoms. The van der Waals surface area contributed by atoms with E-state index in [1.54, 1.807) is 5.38 Å². The second-order valence-electron chi connectivity index (χ2n) is 6.99. The van der Waals surface area contributed by atoms with Crippen molar-refractivity contribution in [3.63, 3.8) is 0 Å². The molecule has 0 N–H and O–H groups in total. The van der Waals surface area contributed by atoms with Crippen LogP contribution in [0.15, 0.2) is 48.4 Å². The topological polar surface area (TPSA) is 49.3 Å². The Morgan fingerprint density at radius 1 is 1.36 bits per heavy atom. The van der Waals surface area contributed by atoms with Crippen molar-refractivity contribution in [2.75, 3.05) is 32.7 Å². The van der Waals surface area contributed by atoms with Crippen molar-refractivity contribution in [2.45, 2.75) is 11.8 Å². The minimum Gasteiger partial charge on any atom is -0.337 e. The summed E-state index contributed by atoms with van der Waals surface area (Å²) in [4.78, 5) is 17.1. The summed E-state index contributed by atoms with van der Waals surface area (Å²) in [6, 6.07) is 10.8. The third-order valence-electron chi connectivity index (χ3n) is 5.64. The number of fused-ring (bicyclic) bond motifs is 1. The number of aromatic nitrogens is 2. The van der Waals surface area contributed by atoms with Crippen molar-refractivity contribution in [3.8, 4) is 0 Å². The molecule has 3 heterocycles. The first kappa shape index (κ1) is 16.4. The van der Waals surface area contributed by atoms with E-state index in [1.165, 1.54) is 17.1 Å². The van der Waals surface area contributed by atoms with Crippen LogP contribution in [0, 0.1) is 5.92 Å². The largest absolute Gasteiger partial charge is 0.337 e. The summed E-state index contributed by atoms with van der Waals surface area (Å²) in [6.07, 6.45) is 2.96. The van der Waals surface area contributed by atoms with Gasteiger partial charge in [0.05, 0.1) is 0 Å². The van der Waals surface area contributed by atoms with Gasteiger partial charge in [0.2, 0.25) is 0 Å². The molecular weight excluding hydrogens is 332 g/mol. The summed E-state index contributed by atoms with van der Waals surface area (Å²) in [5.74, 6) is 0.441. The fourth-order valence-corrected chi connectivity index (χ4v) is 4.88. The van der Waals surface area contributed by atoms with Crippen LogP contribution >= 0.6 is 11.5 Å². The van der Waals surface area contributed by atoms with Gasteiger partial charge in [0.15, 0.2) is 5.69 Å². The van der Waals surface area contributed by atoms with Crippen molar-refractivity contribution < 1.29 is 4.79 Å². The van der Waals surface area contributed by atoms with Crippen LogP contribution in [0.25, 0.3) is 0 Å². The van der Waals surface area contributed by atoms with E-state index in [0.29, 0.717) is 11.6 Å². The molecule has 2 atom stereocenters. The first-order chi connectivity index (χ1) is 12.2. The summed E-state index contributed by atoms with van der Waals surface area (Å²) in [5, 5.41) is 5.69. The first-order valence-electron chi connectivity index (χ1n) is 8.68. The molecule has 0 aliphatic carbocycles. The highest BCUT2D eigenvalue weighted by molar-refractivity contribution is 7.03. The van der Waals surface area contributed by atoms with Gasteiger partial charge in [-0.15, -0.1) is 11.7 Å². The number of piperidine rings is 1. The molecule has 2 aliphatic rings. The zero-order valence-electron chi connectivity index (χ0n) is 14.2. The Hall–Kier alpha value is -2.05.